The quantitative estimate of drug-likeness (QED) is 0.283. The zero-order chi connectivity index (χ0) is 17.5. The van der Waals surface area contributed by atoms with Gasteiger partial charge in [0.25, 0.3) is 0 Å². The number of benzene rings is 2. The average Bonchev–Trinajstić information content (AvgIpc) is 2.50. The number of hydrogen-bond acceptors (Lipinski definition) is 8. The van der Waals surface area contributed by atoms with Gasteiger partial charge >= 0.3 is 0 Å². The molecule has 0 atom stereocenters. The predicted octanol–water partition coefficient (Wildman–Crippen LogP) is 1.60. The van der Waals surface area contributed by atoms with Crippen molar-refractivity contribution in [1.82, 2.24) is 0 Å². The molecule has 0 aromatic heterocycles. The van der Waals surface area contributed by atoms with Gasteiger partial charge in [-0.25, -0.2) is 0 Å². The van der Waals surface area contributed by atoms with Gasteiger partial charge in [-0.15, -0.1) is 0 Å². The normalized spacial score (nSPS) is 10.5. The standard InChI is InChI=1S/C15H12O8/c1-5(17)7-3-9(19)13(21)15(23)11(7)10-6(4-16)2-8(18)12(20)14(10)22/h2-4,18-23H,1H3. The van der Waals surface area contributed by atoms with Crippen molar-refractivity contribution >= 4 is 12.1 Å². The van der Waals surface area contributed by atoms with Crippen LogP contribution in [0.4, 0.5) is 0 Å². The summed E-state index contributed by atoms with van der Waals surface area (Å²) in [6, 6.07) is 1.65. The number of carbonyl (C=O) groups is 2. The van der Waals surface area contributed by atoms with Gasteiger partial charge in [0.1, 0.15) is 0 Å². The molecule has 0 aliphatic carbocycles. The Balaban J connectivity index is 3.04. The fourth-order valence-corrected chi connectivity index (χ4v) is 2.20. The van der Waals surface area contributed by atoms with E-state index in [4.69, 9.17) is 0 Å². The number of carbonyl (C=O) groups excluding carboxylic acids is 2. The number of hydrogen-bond donors (Lipinski definition) is 6. The molecule has 2 rings (SSSR count). The van der Waals surface area contributed by atoms with Crippen LogP contribution in [0.2, 0.25) is 0 Å². The van der Waals surface area contributed by atoms with Crippen LogP contribution in [0.25, 0.3) is 11.1 Å². The molecule has 0 amide bonds. The third-order valence-corrected chi connectivity index (χ3v) is 3.30. The third-order valence-electron chi connectivity index (χ3n) is 3.30. The number of Topliss-reactive ketones (excluding diaryl/α,β-unsaturated/α-hetero) is 1. The molecule has 0 radical (unpaired) electrons. The van der Waals surface area contributed by atoms with Crippen LogP contribution < -0.4 is 0 Å². The number of ketones is 1. The summed E-state index contributed by atoms with van der Waals surface area (Å²) < 4.78 is 0. The maximum absolute atomic E-state index is 11.7. The molecule has 0 spiro atoms. The van der Waals surface area contributed by atoms with E-state index in [1.54, 1.807) is 0 Å². The van der Waals surface area contributed by atoms with E-state index in [9.17, 15) is 40.2 Å². The number of aromatic hydroxyl groups is 6. The lowest BCUT2D eigenvalue weighted by Crippen LogP contribution is -2.00. The molecule has 120 valence electrons. The molecule has 8 heteroatoms. The Morgan fingerprint density at radius 2 is 1.30 bits per heavy atom. The average molecular weight is 320 g/mol. The SMILES string of the molecule is CC(=O)c1cc(O)c(O)c(O)c1-c1c(C=O)cc(O)c(O)c1O. The van der Waals surface area contributed by atoms with Crippen LogP contribution in [-0.4, -0.2) is 42.7 Å². The van der Waals surface area contributed by atoms with Gasteiger partial charge in [-0.1, -0.05) is 0 Å². The predicted molar refractivity (Wildman–Crippen MR) is 77.3 cm³/mol. The van der Waals surface area contributed by atoms with Gasteiger partial charge < -0.3 is 30.6 Å². The Bertz CT molecular complexity index is 838. The van der Waals surface area contributed by atoms with Crippen molar-refractivity contribution in [3.63, 3.8) is 0 Å². The molecule has 0 saturated heterocycles. The largest absolute Gasteiger partial charge is 0.504 e. The highest BCUT2D eigenvalue weighted by Gasteiger charge is 2.27. The third kappa shape index (κ3) is 2.35. The maximum atomic E-state index is 11.7. The van der Waals surface area contributed by atoms with Gasteiger partial charge in [0.15, 0.2) is 35.1 Å². The molecule has 0 aliphatic heterocycles. The molecule has 0 unspecified atom stereocenters. The van der Waals surface area contributed by atoms with Crippen molar-refractivity contribution < 1.29 is 40.2 Å². The zero-order valence-electron chi connectivity index (χ0n) is 11.7. The van der Waals surface area contributed by atoms with Crippen LogP contribution in [0.5, 0.6) is 34.5 Å². The number of rotatable bonds is 3. The minimum atomic E-state index is -0.980. The number of phenolic OH excluding ortho intramolecular Hbond substituents is 6. The van der Waals surface area contributed by atoms with E-state index in [-0.39, 0.29) is 17.4 Å². The Labute approximate surface area is 129 Å². The Hall–Kier alpha value is -3.42. The van der Waals surface area contributed by atoms with Gasteiger partial charge in [-0.2, -0.15) is 0 Å². The fourth-order valence-electron chi connectivity index (χ4n) is 2.20. The van der Waals surface area contributed by atoms with Crippen molar-refractivity contribution in [3.8, 4) is 45.6 Å². The molecular formula is C15H12O8. The minimum Gasteiger partial charge on any atom is -0.504 e. The second-order valence-corrected chi connectivity index (χ2v) is 4.75. The van der Waals surface area contributed by atoms with Gasteiger partial charge in [-0.3, -0.25) is 9.59 Å². The number of phenols is 6. The molecule has 0 aliphatic rings. The Morgan fingerprint density at radius 3 is 1.78 bits per heavy atom. The van der Waals surface area contributed by atoms with Crippen LogP contribution in [0, 0.1) is 0 Å². The Kier molecular flexibility index (Phi) is 3.75. The Morgan fingerprint density at radius 1 is 0.826 bits per heavy atom. The van der Waals surface area contributed by atoms with Gasteiger partial charge in [0, 0.05) is 22.3 Å². The molecule has 8 nitrogen and oxygen atoms in total. The summed E-state index contributed by atoms with van der Waals surface area (Å²) in [4.78, 5) is 22.9. The molecule has 0 fully saturated rings. The molecule has 6 N–H and O–H groups in total. The van der Waals surface area contributed by atoms with Crippen LogP contribution in [0.1, 0.15) is 27.6 Å². The molecule has 2 aromatic carbocycles. The first-order valence-electron chi connectivity index (χ1n) is 6.22. The summed E-state index contributed by atoms with van der Waals surface area (Å²) in [7, 11) is 0. The lowest BCUT2D eigenvalue weighted by atomic mass is 9.91. The highest BCUT2D eigenvalue weighted by Crippen LogP contribution is 2.51. The van der Waals surface area contributed by atoms with Gasteiger partial charge in [-0.05, 0) is 19.1 Å². The monoisotopic (exact) mass is 320 g/mol. The molecular weight excluding hydrogens is 308 g/mol. The van der Waals surface area contributed by atoms with Crippen LogP contribution in [-0.2, 0) is 0 Å². The summed E-state index contributed by atoms with van der Waals surface area (Å²) in [5.74, 6) is -6.14. The zero-order valence-corrected chi connectivity index (χ0v) is 11.7. The molecule has 2 aromatic rings. The highest BCUT2D eigenvalue weighted by molar-refractivity contribution is 6.07. The van der Waals surface area contributed by atoms with Gasteiger partial charge in [0.05, 0.1) is 0 Å². The molecule has 0 saturated carbocycles. The van der Waals surface area contributed by atoms with Gasteiger partial charge in [0.2, 0.25) is 11.5 Å². The van der Waals surface area contributed by atoms with Crippen LogP contribution >= 0.6 is 0 Å². The lowest BCUT2D eigenvalue weighted by Gasteiger charge is -2.16. The van der Waals surface area contributed by atoms with E-state index in [1.165, 1.54) is 0 Å². The summed E-state index contributed by atoms with van der Waals surface area (Å²) in [5.41, 5.74) is -1.63. The summed E-state index contributed by atoms with van der Waals surface area (Å²) in [5, 5.41) is 58.2. The summed E-state index contributed by atoms with van der Waals surface area (Å²) in [6.07, 6.45) is 0.210. The van der Waals surface area contributed by atoms with Crippen molar-refractivity contribution in [1.29, 1.82) is 0 Å². The minimum absolute atomic E-state index is 0.210. The maximum Gasteiger partial charge on any atom is 0.200 e. The smallest absolute Gasteiger partial charge is 0.200 e. The van der Waals surface area contributed by atoms with E-state index < -0.39 is 51.4 Å². The lowest BCUT2D eigenvalue weighted by molar-refractivity contribution is 0.101. The van der Waals surface area contributed by atoms with Crippen LogP contribution in [0.3, 0.4) is 0 Å². The summed E-state index contributed by atoms with van der Waals surface area (Å²) in [6.45, 7) is 1.09. The topological polar surface area (TPSA) is 156 Å². The first kappa shape index (κ1) is 16.0. The van der Waals surface area contributed by atoms with E-state index in [0.29, 0.717) is 0 Å². The molecule has 0 heterocycles. The fraction of sp³-hybridized carbons (Fsp3) is 0.0667. The van der Waals surface area contributed by atoms with E-state index in [1.807, 2.05) is 0 Å². The number of aldehydes is 1. The summed E-state index contributed by atoms with van der Waals surface area (Å²) >= 11 is 0. The first-order chi connectivity index (χ1) is 10.7. The van der Waals surface area contributed by atoms with Crippen LogP contribution in [0.15, 0.2) is 12.1 Å². The second kappa shape index (κ2) is 5.41. The van der Waals surface area contributed by atoms with Crippen molar-refractivity contribution in [2.45, 2.75) is 6.92 Å². The van der Waals surface area contributed by atoms with Crippen molar-refractivity contribution in [2.75, 3.05) is 0 Å². The second-order valence-electron chi connectivity index (χ2n) is 4.75. The van der Waals surface area contributed by atoms with Crippen molar-refractivity contribution in [3.05, 3.63) is 23.3 Å². The molecule has 0 bridgehead atoms. The molecule has 23 heavy (non-hydrogen) atoms. The van der Waals surface area contributed by atoms with E-state index in [2.05, 4.69) is 0 Å². The highest BCUT2D eigenvalue weighted by atomic mass is 16.3. The first-order valence-corrected chi connectivity index (χ1v) is 6.22. The van der Waals surface area contributed by atoms with E-state index >= 15 is 0 Å². The van der Waals surface area contributed by atoms with Crippen molar-refractivity contribution in [2.24, 2.45) is 0 Å². The van der Waals surface area contributed by atoms with E-state index in [0.717, 1.165) is 19.1 Å².